The highest BCUT2D eigenvalue weighted by atomic mass is 19.1. The van der Waals surface area contributed by atoms with E-state index in [4.69, 9.17) is 11.6 Å². The lowest BCUT2D eigenvalue weighted by Gasteiger charge is -2.22. The first-order valence-corrected chi connectivity index (χ1v) is 9.94. The number of nitrogens with zero attached hydrogens (tertiary/aromatic N) is 2. The first-order valence-electron chi connectivity index (χ1n) is 9.94. The van der Waals surface area contributed by atoms with Crippen molar-refractivity contribution in [3.05, 3.63) is 76.6 Å². The number of rotatable bonds is 5. The van der Waals surface area contributed by atoms with E-state index in [1.165, 1.54) is 4.90 Å². The number of anilines is 2. The molecular formula is C23H23F2N5O2. The van der Waals surface area contributed by atoms with Crippen molar-refractivity contribution in [1.82, 2.24) is 9.88 Å². The first kappa shape index (κ1) is 21.7. The Labute approximate surface area is 183 Å². The summed E-state index contributed by atoms with van der Waals surface area (Å²) in [6.07, 6.45) is 1.57. The van der Waals surface area contributed by atoms with Gasteiger partial charge in [0.15, 0.2) is 0 Å². The number of carbonyl (C=O) groups is 1. The monoisotopic (exact) mass is 439 g/mol. The largest absolute Gasteiger partial charge is 0.397 e. The van der Waals surface area contributed by atoms with Gasteiger partial charge in [0.05, 0.1) is 41.3 Å². The minimum Gasteiger partial charge on any atom is -0.397 e. The summed E-state index contributed by atoms with van der Waals surface area (Å²) in [4.78, 5) is 18.0. The van der Waals surface area contributed by atoms with Gasteiger partial charge in [-0.25, -0.2) is 8.78 Å². The standard InChI is InChI=1S/C23H23F2N5O2/c1-23(2,32)13-8-15(21(29-27)19(26)9-13)12-6-17(24)16(18(25)7-12)10-30-11-20-14(22(30)31)4-3-5-28-20/h3-9,29,32H,10-11,26-27H2,1-2H3. The number of carbonyl (C=O) groups excluding carboxylic acids is 1. The summed E-state index contributed by atoms with van der Waals surface area (Å²) in [7, 11) is 0. The molecule has 2 heterocycles. The number of hydrazine groups is 1. The van der Waals surface area contributed by atoms with Crippen LogP contribution in [0.5, 0.6) is 0 Å². The molecule has 32 heavy (non-hydrogen) atoms. The van der Waals surface area contributed by atoms with E-state index in [9.17, 15) is 9.90 Å². The maximum atomic E-state index is 15.1. The predicted molar refractivity (Wildman–Crippen MR) is 117 cm³/mol. The molecule has 0 radical (unpaired) electrons. The van der Waals surface area contributed by atoms with E-state index in [0.29, 0.717) is 22.4 Å². The van der Waals surface area contributed by atoms with Crippen molar-refractivity contribution in [2.45, 2.75) is 32.5 Å². The zero-order valence-corrected chi connectivity index (χ0v) is 17.6. The zero-order valence-electron chi connectivity index (χ0n) is 17.6. The van der Waals surface area contributed by atoms with E-state index in [2.05, 4.69) is 10.4 Å². The molecule has 0 saturated heterocycles. The number of amides is 1. The van der Waals surface area contributed by atoms with Crippen molar-refractivity contribution >= 4 is 17.3 Å². The van der Waals surface area contributed by atoms with Gasteiger partial charge in [0.2, 0.25) is 0 Å². The van der Waals surface area contributed by atoms with Crippen LogP contribution in [0.25, 0.3) is 11.1 Å². The molecule has 7 nitrogen and oxygen atoms in total. The molecule has 0 saturated carbocycles. The van der Waals surface area contributed by atoms with Crippen molar-refractivity contribution in [3.63, 3.8) is 0 Å². The Morgan fingerprint density at radius 1 is 1.19 bits per heavy atom. The maximum Gasteiger partial charge on any atom is 0.256 e. The van der Waals surface area contributed by atoms with Crippen LogP contribution in [-0.4, -0.2) is 20.9 Å². The molecule has 1 amide bonds. The Morgan fingerprint density at radius 2 is 1.88 bits per heavy atom. The molecule has 3 aromatic rings. The normalized spacial score (nSPS) is 13.4. The van der Waals surface area contributed by atoms with Gasteiger partial charge in [0.25, 0.3) is 5.91 Å². The quantitative estimate of drug-likeness (QED) is 0.275. The second-order valence-corrected chi connectivity index (χ2v) is 8.27. The van der Waals surface area contributed by atoms with E-state index >= 15 is 8.78 Å². The van der Waals surface area contributed by atoms with Crippen molar-refractivity contribution in [2.75, 3.05) is 11.2 Å². The lowest BCUT2D eigenvalue weighted by molar-refractivity contribution is 0.0761. The summed E-state index contributed by atoms with van der Waals surface area (Å²) in [6.45, 7) is 3.10. The molecule has 0 spiro atoms. The van der Waals surface area contributed by atoms with Gasteiger partial charge < -0.3 is 21.2 Å². The molecule has 6 N–H and O–H groups in total. The molecule has 2 aromatic carbocycles. The number of nitrogens with two attached hydrogens (primary N) is 2. The Balaban J connectivity index is 1.72. The fourth-order valence-electron chi connectivity index (χ4n) is 3.82. The second-order valence-electron chi connectivity index (χ2n) is 8.27. The number of aromatic nitrogens is 1. The number of benzene rings is 2. The molecule has 0 aliphatic carbocycles. The van der Waals surface area contributed by atoms with Crippen LogP contribution in [0.15, 0.2) is 42.6 Å². The number of hydrogen-bond acceptors (Lipinski definition) is 6. The summed E-state index contributed by atoms with van der Waals surface area (Å²) in [6, 6.07) is 8.73. The van der Waals surface area contributed by atoms with Crippen LogP contribution in [0, 0.1) is 11.6 Å². The Morgan fingerprint density at radius 3 is 2.47 bits per heavy atom. The van der Waals surface area contributed by atoms with Crippen molar-refractivity contribution in [3.8, 4) is 11.1 Å². The molecule has 1 aromatic heterocycles. The van der Waals surface area contributed by atoms with Gasteiger partial charge in [0.1, 0.15) is 11.6 Å². The van der Waals surface area contributed by atoms with Crippen LogP contribution in [0.2, 0.25) is 0 Å². The van der Waals surface area contributed by atoms with Crippen LogP contribution in [0.4, 0.5) is 20.2 Å². The Kier molecular flexibility index (Phi) is 5.31. The fraction of sp³-hybridized carbons (Fsp3) is 0.217. The van der Waals surface area contributed by atoms with Gasteiger partial charge in [-0.05, 0) is 61.4 Å². The number of pyridine rings is 1. The third-order valence-corrected chi connectivity index (χ3v) is 5.57. The SMILES string of the molecule is CC(C)(O)c1cc(N)c(NN)c(-c2cc(F)c(CN3Cc4ncccc4C3=O)c(F)c2)c1. The lowest BCUT2D eigenvalue weighted by Crippen LogP contribution is -2.24. The van der Waals surface area contributed by atoms with Gasteiger partial charge in [-0.15, -0.1) is 0 Å². The van der Waals surface area contributed by atoms with Gasteiger partial charge >= 0.3 is 0 Å². The average molecular weight is 439 g/mol. The van der Waals surface area contributed by atoms with Gasteiger partial charge in [-0.1, -0.05) is 0 Å². The number of nitrogen functional groups attached to an aromatic ring is 2. The molecule has 1 aliphatic rings. The Hall–Kier alpha value is -3.56. The summed E-state index contributed by atoms with van der Waals surface area (Å²) >= 11 is 0. The third-order valence-electron chi connectivity index (χ3n) is 5.57. The highest BCUT2D eigenvalue weighted by Gasteiger charge is 2.30. The first-order chi connectivity index (χ1) is 15.1. The molecule has 0 unspecified atom stereocenters. The van der Waals surface area contributed by atoms with E-state index in [0.717, 1.165) is 12.1 Å². The van der Waals surface area contributed by atoms with Crippen LogP contribution in [0.1, 0.15) is 41.0 Å². The molecule has 1 aliphatic heterocycles. The number of aliphatic hydroxyl groups is 1. The Bertz CT molecular complexity index is 1200. The predicted octanol–water partition coefficient (Wildman–Crippen LogP) is 3.28. The number of fused-ring (bicyclic) bond motifs is 1. The maximum absolute atomic E-state index is 15.1. The minimum atomic E-state index is -1.23. The molecule has 0 fully saturated rings. The highest BCUT2D eigenvalue weighted by Crippen LogP contribution is 2.38. The topological polar surface area (TPSA) is 118 Å². The van der Waals surface area contributed by atoms with Crippen LogP contribution >= 0.6 is 0 Å². The van der Waals surface area contributed by atoms with Gasteiger partial charge in [-0.3, -0.25) is 15.6 Å². The number of hydrogen-bond donors (Lipinski definition) is 4. The number of nitrogens with one attached hydrogen (secondary N) is 1. The van der Waals surface area contributed by atoms with E-state index < -0.39 is 17.2 Å². The molecule has 9 heteroatoms. The molecule has 0 atom stereocenters. The summed E-state index contributed by atoms with van der Waals surface area (Å²) in [5, 5.41) is 10.4. The summed E-state index contributed by atoms with van der Waals surface area (Å²) < 4.78 is 30.1. The minimum absolute atomic E-state index is 0.182. The van der Waals surface area contributed by atoms with Gasteiger partial charge in [0, 0.05) is 17.3 Å². The van der Waals surface area contributed by atoms with Crippen LogP contribution in [0.3, 0.4) is 0 Å². The van der Waals surface area contributed by atoms with Gasteiger partial charge in [-0.2, -0.15) is 0 Å². The van der Waals surface area contributed by atoms with E-state index in [-0.39, 0.29) is 41.5 Å². The fourth-order valence-corrected chi connectivity index (χ4v) is 3.82. The highest BCUT2D eigenvalue weighted by molar-refractivity contribution is 5.97. The summed E-state index contributed by atoms with van der Waals surface area (Å²) in [5.41, 5.74) is 9.54. The zero-order chi connectivity index (χ0) is 23.2. The smallest absolute Gasteiger partial charge is 0.256 e. The lowest BCUT2D eigenvalue weighted by atomic mass is 9.91. The van der Waals surface area contributed by atoms with E-state index in [1.54, 1.807) is 44.3 Å². The second kappa shape index (κ2) is 7.85. The molecule has 4 rings (SSSR count). The third kappa shape index (κ3) is 3.76. The molecule has 0 bridgehead atoms. The van der Waals surface area contributed by atoms with Crippen molar-refractivity contribution in [1.29, 1.82) is 0 Å². The summed E-state index contributed by atoms with van der Waals surface area (Å²) in [5.74, 6) is 3.64. The van der Waals surface area contributed by atoms with Crippen molar-refractivity contribution in [2.24, 2.45) is 5.84 Å². The molecule has 166 valence electrons. The van der Waals surface area contributed by atoms with Crippen LogP contribution < -0.4 is 17.0 Å². The van der Waals surface area contributed by atoms with Crippen molar-refractivity contribution < 1.29 is 18.7 Å². The molecular weight excluding hydrogens is 416 g/mol. The number of halogens is 2. The average Bonchev–Trinajstić information content (AvgIpc) is 3.05. The van der Waals surface area contributed by atoms with E-state index in [1.807, 2.05) is 0 Å². The van der Waals surface area contributed by atoms with Crippen LogP contribution in [-0.2, 0) is 18.7 Å².